The Balaban J connectivity index is 1.16. The summed E-state index contributed by atoms with van der Waals surface area (Å²) in [5.74, 6) is -2.91. The minimum Gasteiger partial charge on any atom is -0.428 e. The van der Waals surface area contributed by atoms with Crippen molar-refractivity contribution in [2.75, 3.05) is 19.3 Å². The van der Waals surface area contributed by atoms with Gasteiger partial charge in [0.05, 0.1) is 23.7 Å². The smallest absolute Gasteiger partial charge is 0.312 e. The van der Waals surface area contributed by atoms with Gasteiger partial charge in [0.25, 0.3) is 0 Å². The van der Waals surface area contributed by atoms with Crippen molar-refractivity contribution in [3.63, 3.8) is 0 Å². The Hall–Kier alpha value is -2.62. The highest BCUT2D eigenvalue weighted by atomic mass is 32.2. The SMILES string of the molecule is Cc1cc(SC[C@@H]2C[C@H]3[C@H](C(=O)OCOC(=O)C4CCCC4)[C@H]3[C@@H]2C(=O)OCOC(=O)C2CCCC2)ccc1F. The number of rotatable bonds is 11. The number of halogens is 1. The number of hydrogen-bond donors (Lipinski definition) is 0. The average molecular weight is 577 g/mol. The molecule has 1 aromatic rings. The second kappa shape index (κ2) is 12.9. The number of thioether (sulfide) groups is 1. The van der Waals surface area contributed by atoms with Crippen molar-refractivity contribution in [2.24, 2.45) is 41.4 Å². The molecule has 218 valence electrons. The number of esters is 4. The molecule has 4 aliphatic rings. The number of fused-ring (bicyclic) bond motifs is 1. The van der Waals surface area contributed by atoms with Crippen molar-refractivity contribution in [3.8, 4) is 0 Å². The first-order valence-corrected chi connectivity index (χ1v) is 15.4. The largest absolute Gasteiger partial charge is 0.428 e. The van der Waals surface area contributed by atoms with E-state index in [0.29, 0.717) is 17.7 Å². The zero-order chi connectivity index (χ0) is 28.2. The molecule has 10 heteroatoms. The van der Waals surface area contributed by atoms with Gasteiger partial charge in [0.2, 0.25) is 13.6 Å². The van der Waals surface area contributed by atoms with E-state index in [4.69, 9.17) is 18.9 Å². The molecule has 8 nitrogen and oxygen atoms in total. The summed E-state index contributed by atoms with van der Waals surface area (Å²) in [6, 6.07) is 4.92. The maximum Gasteiger partial charge on any atom is 0.312 e. The fourth-order valence-electron chi connectivity index (χ4n) is 6.81. The van der Waals surface area contributed by atoms with Crippen molar-refractivity contribution < 1.29 is 42.5 Å². The molecule has 1 aromatic carbocycles. The Morgan fingerprint density at radius 2 is 1.32 bits per heavy atom. The highest BCUT2D eigenvalue weighted by Crippen LogP contribution is 2.64. The first-order valence-electron chi connectivity index (χ1n) is 14.4. The maximum atomic E-state index is 13.7. The predicted octanol–water partition coefficient (Wildman–Crippen LogP) is 5.19. The Morgan fingerprint density at radius 1 is 0.800 bits per heavy atom. The Kier molecular flexibility index (Phi) is 9.33. The third-order valence-electron chi connectivity index (χ3n) is 9.05. The summed E-state index contributed by atoms with van der Waals surface area (Å²) in [5.41, 5.74) is 0.552. The normalized spacial score (nSPS) is 27.7. The van der Waals surface area contributed by atoms with Crippen LogP contribution in [0.2, 0.25) is 0 Å². The summed E-state index contributed by atoms with van der Waals surface area (Å²) in [6.45, 7) is 0.850. The summed E-state index contributed by atoms with van der Waals surface area (Å²) >= 11 is 1.54. The molecule has 4 fully saturated rings. The molecular formula is C30H37FO8S. The highest BCUT2D eigenvalue weighted by Gasteiger charge is 2.67. The molecule has 0 heterocycles. The van der Waals surface area contributed by atoms with E-state index in [1.54, 1.807) is 19.1 Å². The topological polar surface area (TPSA) is 105 Å². The Bertz CT molecular complexity index is 1110. The number of carbonyl (C=O) groups is 4. The molecule has 40 heavy (non-hydrogen) atoms. The first kappa shape index (κ1) is 28.9. The van der Waals surface area contributed by atoms with Gasteiger partial charge in [0.15, 0.2) is 0 Å². The zero-order valence-electron chi connectivity index (χ0n) is 22.8. The minimum absolute atomic E-state index is 0.0304. The van der Waals surface area contributed by atoms with Crippen molar-refractivity contribution in [1.82, 2.24) is 0 Å². The van der Waals surface area contributed by atoms with E-state index < -0.39 is 37.4 Å². The lowest BCUT2D eigenvalue weighted by atomic mass is 9.90. The summed E-state index contributed by atoms with van der Waals surface area (Å²) < 4.78 is 34.8. The lowest BCUT2D eigenvalue weighted by molar-refractivity contribution is -0.174. The van der Waals surface area contributed by atoms with Gasteiger partial charge in [-0.25, -0.2) is 4.39 Å². The summed E-state index contributed by atoms with van der Waals surface area (Å²) in [4.78, 5) is 51.3. The van der Waals surface area contributed by atoms with Crippen LogP contribution < -0.4 is 0 Å². The summed E-state index contributed by atoms with van der Waals surface area (Å²) in [6.07, 6.45) is 7.82. The van der Waals surface area contributed by atoms with E-state index in [1.807, 2.05) is 0 Å². The number of aryl methyl sites for hydroxylation is 1. The van der Waals surface area contributed by atoms with Crippen LogP contribution >= 0.6 is 11.8 Å². The third-order valence-corrected chi connectivity index (χ3v) is 10.2. The van der Waals surface area contributed by atoms with Gasteiger partial charge in [-0.3, -0.25) is 19.2 Å². The van der Waals surface area contributed by atoms with Gasteiger partial charge in [-0.2, -0.15) is 0 Å². The van der Waals surface area contributed by atoms with Crippen LogP contribution in [-0.2, 0) is 38.1 Å². The Morgan fingerprint density at radius 3 is 1.88 bits per heavy atom. The Labute approximate surface area is 238 Å². The van der Waals surface area contributed by atoms with E-state index in [2.05, 4.69) is 0 Å². The fourth-order valence-corrected chi connectivity index (χ4v) is 7.98. The number of hydrogen-bond acceptors (Lipinski definition) is 9. The van der Waals surface area contributed by atoms with Crippen LogP contribution in [0, 0.1) is 54.2 Å². The molecular weight excluding hydrogens is 539 g/mol. The molecule has 0 saturated heterocycles. The minimum atomic E-state index is -0.553. The number of ether oxygens (including phenoxy) is 4. The van der Waals surface area contributed by atoms with Crippen LogP contribution in [0.4, 0.5) is 4.39 Å². The fraction of sp³-hybridized carbons (Fsp3) is 0.667. The first-order chi connectivity index (χ1) is 19.3. The number of benzene rings is 1. The van der Waals surface area contributed by atoms with Crippen molar-refractivity contribution in [2.45, 2.75) is 69.6 Å². The molecule has 0 radical (unpaired) electrons. The zero-order valence-corrected chi connectivity index (χ0v) is 23.6. The lowest BCUT2D eigenvalue weighted by Crippen LogP contribution is -2.30. The molecule has 5 rings (SSSR count). The standard InChI is InChI=1S/C30H37FO8S/c1-17-12-21(10-11-23(17)31)40-14-20-13-22-25(24(20)29(34)38-15-36-27(32)18-6-2-3-7-18)26(22)30(35)39-16-37-28(33)19-8-4-5-9-19/h10-12,18-20,22,24-26H,2-9,13-16H2,1H3/t20-,22+,24+,25+,26-/m0/s1. The molecule has 4 aliphatic carbocycles. The quantitative estimate of drug-likeness (QED) is 0.200. The van der Waals surface area contributed by atoms with E-state index in [-0.39, 0.29) is 47.3 Å². The molecule has 5 atom stereocenters. The van der Waals surface area contributed by atoms with Crippen LogP contribution in [0.15, 0.2) is 23.1 Å². The molecule has 0 amide bonds. The van der Waals surface area contributed by atoms with Crippen LogP contribution in [0.3, 0.4) is 0 Å². The molecule has 0 aliphatic heterocycles. The average Bonchev–Trinajstić information content (AvgIpc) is 3.46. The van der Waals surface area contributed by atoms with Gasteiger partial charge in [-0.05, 0) is 80.5 Å². The van der Waals surface area contributed by atoms with Gasteiger partial charge >= 0.3 is 23.9 Å². The second-order valence-corrected chi connectivity index (χ2v) is 12.7. The van der Waals surface area contributed by atoms with Crippen molar-refractivity contribution in [1.29, 1.82) is 0 Å². The third kappa shape index (κ3) is 6.64. The number of carbonyl (C=O) groups excluding carboxylic acids is 4. The van der Waals surface area contributed by atoms with E-state index in [0.717, 1.165) is 56.3 Å². The van der Waals surface area contributed by atoms with Gasteiger partial charge in [-0.15, -0.1) is 11.8 Å². The van der Waals surface area contributed by atoms with Gasteiger partial charge in [0, 0.05) is 10.6 Å². The van der Waals surface area contributed by atoms with E-state index in [1.165, 1.54) is 17.8 Å². The molecule has 0 bridgehead atoms. The van der Waals surface area contributed by atoms with Gasteiger partial charge in [0.1, 0.15) is 5.82 Å². The van der Waals surface area contributed by atoms with Gasteiger partial charge < -0.3 is 18.9 Å². The maximum absolute atomic E-state index is 13.7. The van der Waals surface area contributed by atoms with Gasteiger partial charge in [-0.1, -0.05) is 25.7 Å². The molecule has 0 N–H and O–H groups in total. The van der Waals surface area contributed by atoms with E-state index >= 15 is 0 Å². The molecule has 0 aromatic heterocycles. The molecule has 0 spiro atoms. The van der Waals surface area contributed by atoms with E-state index in [9.17, 15) is 23.6 Å². The predicted molar refractivity (Wildman–Crippen MR) is 142 cm³/mol. The lowest BCUT2D eigenvalue weighted by Gasteiger charge is -2.23. The summed E-state index contributed by atoms with van der Waals surface area (Å²) in [5, 5.41) is 0. The van der Waals surface area contributed by atoms with Crippen LogP contribution in [0.25, 0.3) is 0 Å². The highest BCUT2D eigenvalue weighted by molar-refractivity contribution is 7.99. The molecule has 0 unspecified atom stereocenters. The van der Waals surface area contributed by atoms with Crippen molar-refractivity contribution in [3.05, 3.63) is 29.6 Å². The second-order valence-electron chi connectivity index (χ2n) is 11.6. The van der Waals surface area contributed by atoms with Crippen molar-refractivity contribution >= 4 is 35.6 Å². The summed E-state index contributed by atoms with van der Waals surface area (Å²) in [7, 11) is 0. The van der Waals surface area contributed by atoms with Crippen LogP contribution in [0.5, 0.6) is 0 Å². The monoisotopic (exact) mass is 576 g/mol. The van der Waals surface area contributed by atoms with Crippen LogP contribution in [-0.4, -0.2) is 43.2 Å². The molecule has 4 saturated carbocycles. The van der Waals surface area contributed by atoms with Crippen LogP contribution in [0.1, 0.15) is 63.4 Å².